The Hall–Kier alpha value is 0.0400. The fourth-order valence-electron chi connectivity index (χ4n) is 1.07. The van der Waals surface area contributed by atoms with Crippen molar-refractivity contribution in [3.8, 4) is 0 Å². The van der Waals surface area contributed by atoms with Crippen molar-refractivity contribution in [1.29, 1.82) is 0 Å². The summed E-state index contributed by atoms with van der Waals surface area (Å²) >= 11 is 16.6. The van der Waals surface area contributed by atoms with Gasteiger partial charge >= 0.3 is 0 Å². The van der Waals surface area contributed by atoms with E-state index in [0.717, 1.165) is 15.0 Å². The lowest BCUT2D eigenvalue weighted by Gasteiger charge is -2.02. The monoisotopic (exact) mass is 310 g/mol. The Labute approximate surface area is 104 Å². The Morgan fingerprint density at radius 3 is 2.50 bits per heavy atom. The molecule has 2 aromatic rings. The molecule has 0 bridgehead atoms. The van der Waals surface area contributed by atoms with Crippen LogP contribution in [0.5, 0.6) is 0 Å². The molecule has 2 aromatic heterocycles. The van der Waals surface area contributed by atoms with Crippen LogP contribution in [-0.4, -0.2) is 0 Å². The van der Waals surface area contributed by atoms with Crippen LogP contribution in [0.15, 0.2) is 28.7 Å². The van der Waals surface area contributed by atoms with Gasteiger partial charge in [-0.3, -0.25) is 0 Å². The number of hydrogen-bond acceptors (Lipinski definition) is 2. The summed E-state index contributed by atoms with van der Waals surface area (Å²) in [5.41, 5.74) is 0. The number of alkyl halides is 1. The highest BCUT2D eigenvalue weighted by Crippen LogP contribution is 2.37. The lowest BCUT2D eigenvalue weighted by Crippen LogP contribution is -1.84. The molecule has 0 spiro atoms. The fourth-order valence-corrected chi connectivity index (χ4v) is 2.95. The van der Waals surface area contributed by atoms with Crippen LogP contribution in [0, 0.1) is 0 Å². The van der Waals surface area contributed by atoms with Crippen molar-refractivity contribution in [3.05, 3.63) is 44.5 Å². The van der Waals surface area contributed by atoms with Gasteiger partial charge in [0.05, 0.1) is 4.34 Å². The summed E-state index contributed by atoms with van der Waals surface area (Å²) in [4.78, 5) is 1.12. The summed E-state index contributed by atoms with van der Waals surface area (Å²) in [6.07, 6.45) is 0. The van der Waals surface area contributed by atoms with Gasteiger partial charge in [0.1, 0.15) is 10.6 Å². The highest BCUT2D eigenvalue weighted by atomic mass is 79.9. The Morgan fingerprint density at radius 2 is 2.00 bits per heavy atom. The van der Waals surface area contributed by atoms with Gasteiger partial charge in [0.2, 0.25) is 0 Å². The van der Waals surface area contributed by atoms with E-state index in [2.05, 4.69) is 15.9 Å². The van der Waals surface area contributed by atoms with E-state index < -0.39 is 0 Å². The molecule has 5 heteroatoms. The quantitative estimate of drug-likeness (QED) is 0.701. The number of halogens is 3. The first-order chi connectivity index (χ1) is 6.66. The third-order valence-corrected chi connectivity index (χ3v) is 4.43. The van der Waals surface area contributed by atoms with Crippen molar-refractivity contribution in [3.63, 3.8) is 0 Å². The van der Waals surface area contributed by atoms with E-state index >= 15 is 0 Å². The number of hydrogen-bond donors (Lipinski definition) is 0. The van der Waals surface area contributed by atoms with Gasteiger partial charge in [-0.05, 0) is 35.9 Å². The average Bonchev–Trinajstić information content (AvgIpc) is 2.73. The highest BCUT2D eigenvalue weighted by Gasteiger charge is 2.16. The maximum absolute atomic E-state index is 5.84. The lowest BCUT2D eigenvalue weighted by molar-refractivity contribution is 0.523. The Bertz CT molecular complexity index is 397. The van der Waals surface area contributed by atoms with Crippen molar-refractivity contribution in [2.75, 3.05) is 0 Å². The smallest absolute Gasteiger partial charge is 0.193 e. The fraction of sp³-hybridized carbons (Fsp3) is 0.111. The zero-order valence-corrected chi connectivity index (χ0v) is 10.8. The molecule has 0 aliphatic rings. The molecule has 0 fully saturated rings. The topological polar surface area (TPSA) is 13.1 Å². The molecule has 0 saturated carbocycles. The minimum atomic E-state index is 0.0208. The van der Waals surface area contributed by atoms with Gasteiger partial charge in [0.15, 0.2) is 5.22 Å². The van der Waals surface area contributed by atoms with Crippen molar-refractivity contribution in [2.24, 2.45) is 0 Å². The van der Waals surface area contributed by atoms with Crippen LogP contribution in [0.4, 0.5) is 0 Å². The second-order valence-corrected chi connectivity index (χ2v) is 5.68. The highest BCUT2D eigenvalue weighted by molar-refractivity contribution is 9.09. The SMILES string of the molecule is Clc1ccc(C(Br)c2ccc(Cl)s2)o1. The molecule has 0 amide bonds. The lowest BCUT2D eigenvalue weighted by atomic mass is 10.3. The van der Waals surface area contributed by atoms with Crippen LogP contribution in [0.3, 0.4) is 0 Å². The molecule has 1 unspecified atom stereocenters. The molecule has 2 rings (SSSR count). The molecular formula is C9H5BrCl2OS. The van der Waals surface area contributed by atoms with Crippen molar-refractivity contribution in [1.82, 2.24) is 0 Å². The van der Waals surface area contributed by atoms with E-state index in [0.29, 0.717) is 5.22 Å². The number of furan rings is 1. The normalized spacial score (nSPS) is 13.1. The molecular weight excluding hydrogens is 307 g/mol. The predicted molar refractivity (Wildman–Crippen MR) is 63.8 cm³/mol. The molecule has 0 aliphatic carbocycles. The van der Waals surface area contributed by atoms with Gasteiger partial charge in [-0.15, -0.1) is 11.3 Å². The maximum Gasteiger partial charge on any atom is 0.193 e. The summed E-state index contributed by atoms with van der Waals surface area (Å²) in [6, 6.07) is 7.39. The first kappa shape index (κ1) is 10.6. The molecule has 0 radical (unpaired) electrons. The second kappa shape index (κ2) is 4.27. The first-order valence-corrected chi connectivity index (χ1v) is 6.30. The maximum atomic E-state index is 5.84. The van der Waals surface area contributed by atoms with Gasteiger partial charge in [0.25, 0.3) is 0 Å². The van der Waals surface area contributed by atoms with E-state index in [-0.39, 0.29) is 4.83 Å². The van der Waals surface area contributed by atoms with Gasteiger partial charge in [-0.2, -0.15) is 0 Å². The molecule has 0 aliphatic heterocycles. The van der Waals surface area contributed by atoms with Gasteiger partial charge in [0, 0.05) is 4.88 Å². The molecule has 0 saturated heterocycles. The van der Waals surface area contributed by atoms with E-state index in [1.165, 1.54) is 11.3 Å². The van der Waals surface area contributed by atoms with Gasteiger partial charge < -0.3 is 4.42 Å². The van der Waals surface area contributed by atoms with Crippen LogP contribution < -0.4 is 0 Å². The first-order valence-electron chi connectivity index (χ1n) is 3.81. The third kappa shape index (κ3) is 2.16. The summed E-state index contributed by atoms with van der Waals surface area (Å²) in [5.74, 6) is 0.786. The van der Waals surface area contributed by atoms with E-state index in [9.17, 15) is 0 Å². The van der Waals surface area contributed by atoms with Crippen LogP contribution >= 0.6 is 50.5 Å². The Balaban J connectivity index is 2.28. The number of thiophene rings is 1. The molecule has 2 heterocycles. The zero-order valence-electron chi connectivity index (χ0n) is 6.84. The average molecular weight is 312 g/mol. The molecule has 74 valence electrons. The van der Waals surface area contributed by atoms with Crippen LogP contribution in [0.2, 0.25) is 9.56 Å². The van der Waals surface area contributed by atoms with Gasteiger partial charge in [-0.25, -0.2) is 0 Å². The largest absolute Gasteiger partial charge is 0.448 e. The van der Waals surface area contributed by atoms with E-state index in [4.69, 9.17) is 27.6 Å². The van der Waals surface area contributed by atoms with E-state index in [1.807, 2.05) is 18.2 Å². The minimum absolute atomic E-state index is 0.0208. The molecule has 0 N–H and O–H groups in total. The summed E-state index contributed by atoms with van der Waals surface area (Å²) < 4.78 is 6.06. The van der Waals surface area contributed by atoms with E-state index in [1.54, 1.807) is 6.07 Å². The Morgan fingerprint density at radius 1 is 1.21 bits per heavy atom. The van der Waals surface area contributed by atoms with Crippen molar-refractivity contribution in [2.45, 2.75) is 4.83 Å². The molecule has 1 nitrogen and oxygen atoms in total. The van der Waals surface area contributed by atoms with Crippen molar-refractivity contribution < 1.29 is 4.42 Å². The van der Waals surface area contributed by atoms with Gasteiger partial charge in [-0.1, -0.05) is 27.5 Å². The van der Waals surface area contributed by atoms with Crippen LogP contribution in [0.1, 0.15) is 15.5 Å². The van der Waals surface area contributed by atoms with Crippen LogP contribution in [0.25, 0.3) is 0 Å². The summed E-state index contributed by atoms with van der Waals surface area (Å²) in [7, 11) is 0. The second-order valence-electron chi connectivity index (χ2n) is 2.65. The minimum Gasteiger partial charge on any atom is -0.448 e. The number of rotatable bonds is 2. The molecule has 14 heavy (non-hydrogen) atoms. The predicted octanol–water partition coefficient (Wildman–Crippen LogP) is 5.13. The zero-order chi connectivity index (χ0) is 10.1. The molecule has 1 atom stereocenters. The summed E-state index contributed by atoms with van der Waals surface area (Å²) in [5, 5.41) is 0.395. The Kier molecular flexibility index (Phi) is 3.22. The standard InChI is InChI=1S/C9H5BrCl2OS/c10-9(5-1-3-7(11)13-5)6-2-4-8(12)14-6/h1-4,9H. The van der Waals surface area contributed by atoms with Crippen LogP contribution in [-0.2, 0) is 0 Å². The summed E-state index contributed by atoms with van der Waals surface area (Å²) in [6.45, 7) is 0. The third-order valence-electron chi connectivity index (χ3n) is 1.69. The van der Waals surface area contributed by atoms with Crippen molar-refractivity contribution >= 4 is 50.5 Å². The molecule has 0 aromatic carbocycles.